The van der Waals surface area contributed by atoms with Gasteiger partial charge in [0, 0.05) is 16.8 Å². The number of amides is 1. The van der Waals surface area contributed by atoms with Gasteiger partial charge in [0.05, 0.1) is 11.0 Å². The molecular formula is C32H23ClFNO2. The number of phenolic OH excluding ortho intramolecular Hbond substituents is 1. The molecule has 0 bridgehead atoms. The molecule has 0 saturated heterocycles. The number of rotatable bonds is 6. The van der Waals surface area contributed by atoms with Crippen LogP contribution in [-0.4, -0.2) is 11.0 Å². The van der Waals surface area contributed by atoms with Crippen LogP contribution in [0.5, 0.6) is 5.75 Å². The van der Waals surface area contributed by atoms with E-state index in [9.17, 15) is 14.3 Å². The van der Waals surface area contributed by atoms with Gasteiger partial charge in [0.1, 0.15) is 11.6 Å². The first-order valence-electron chi connectivity index (χ1n) is 11.8. The first-order chi connectivity index (χ1) is 18.0. The van der Waals surface area contributed by atoms with Gasteiger partial charge in [-0.05, 0) is 52.6 Å². The van der Waals surface area contributed by atoms with Crippen molar-refractivity contribution < 1.29 is 14.3 Å². The van der Waals surface area contributed by atoms with Crippen LogP contribution in [0.1, 0.15) is 32.6 Å². The number of nitrogens with one attached hydrogen (secondary N) is 1. The molecule has 0 spiro atoms. The smallest absolute Gasteiger partial charge is 0.259 e. The molecule has 5 aromatic carbocycles. The Morgan fingerprint density at radius 2 is 1.24 bits per heavy atom. The number of benzene rings is 5. The molecule has 0 aliphatic heterocycles. The van der Waals surface area contributed by atoms with Crippen LogP contribution in [0.2, 0.25) is 5.02 Å². The van der Waals surface area contributed by atoms with Crippen molar-refractivity contribution in [1.82, 2.24) is 0 Å². The maximum absolute atomic E-state index is 13.3. The Morgan fingerprint density at radius 1 is 0.703 bits per heavy atom. The lowest BCUT2D eigenvalue weighted by molar-refractivity contribution is 0.102. The zero-order chi connectivity index (χ0) is 25.8. The molecule has 182 valence electrons. The molecule has 0 heterocycles. The highest BCUT2D eigenvalue weighted by Gasteiger charge is 2.39. The van der Waals surface area contributed by atoms with Crippen LogP contribution < -0.4 is 5.32 Å². The molecule has 5 rings (SSSR count). The topological polar surface area (TPSA) is 49.3 Å². The number of anilines is 1. The van der Waals surface area contributed by atoms with Crippen LogP contribution in [-0.2, 0) is 5.41 Å². The average Bonchev–Trinajstić information content (AvgIpc) is 2.92. The van der Waals surface area contributed by atoms with E-state index < -0.39 is 22.9 Å². The van der Waals surface area contributed by atoms with Crippen LogP contribution in [0.4, 0.5) is 10.1 Å². The summed E-state index contributed by atoms with van der Waals surface area (Å²) in [5.74, 6) is -1.56. The van der Waals surface area contributed by atoms with Crippen molar-refractivity contribution in [3.63, 3.8) is 0 Å². The van der Waals surface area contributed by atoms with Gasteiger partial charge < -0.3 is 10.4 Å². The van der Waals surface area contributed by atoms with Crippen molar-refractivity contribution in [1.29, 1.82) is 0 Å². The van der Waals surface area contributed by atoms with Crippen molar-refractivity contribution in [3.8, 4) is 5.75 Å². The Balaban J connectivity index is 1.64. The van der Waals surface area contributed by atoms with Crippen LogP contribution >= 0.6 is 11.6 Å². The monoisotopic (exact) mass is 507 g/mol. The van der Waals surface area contributed by atoms with Gasteiger partial charge in [-0.1, -0.05) is 103 Å². The van der Waals surface area contributed by atoms with Crippen molar-refractivity contribution in [2.24, 2.45) is 0 Å². The number of carbonyl (C=O) groups excluding carboxylic acids is 1. The van der Waals surface area contributed by atoms with Crippen molar-refractivity contribution in [2.45, 2.75) is 5.41 Å². The van der Waals surface area contributed by atoms with E-state index in [1.165, 1.54) is 6.07 Å². The SMILES string of the molecule is O=C(Nc1ccc(C(c2ccccc2)(c2ccccc2)c2ccccc2Cl)cc1)c1ccc(F)cc1O. The molecule has 0 radical (unpaired) electrons. The van der Waals surface area contributed by atoms with E-state index in [4.69, 9.17) is 11.6 Å². The minimum Gasteiger partial charge on any atom is -0.507 e. The van der Waals surface area contributed by atoms with E-state index in [2.05, 4.69) is 29.6 Å². The molecule has 0 aliphatic rings. The number of phenols is 1. The highest BCUT2D eigenvalue weighted by Crippen LogP contribution is 2.47. The summed E-state index contributed by atoms with van der Waals surface area (Å²) < 4.78 is 13.3. The fourth-order valence-electron chi connectivity index (χ4n) is 4.81. The zero-order valence-corrected chi connectivity index (χ0v) is 20.5. The second-order valence-electron chi connectivity index (χ2n) is 8.65. The molecule has 5 aromatic rings. The Kier molecular flexibility index (Phi) is 6.76. The highest BCUT2D eigenvalue weighted by atomic mass is 35.5. The third-order valence-corrected chi connectivity index (χ3v) is 6.80. The summed E-state index contributed by atoms with van der Waals surface area (Å²) in [6.45, 7) is 0. The Hall–Kier alpha value is -4.41. The van der Waals surface area contributed by atoms with Gasteiger partial charge in [-0.3, -0.25) is 4.79 Å². The van der Waals surface area contributed by atoms with Crippen LogP contribution in [0.15, 0.2) is 127 Å². The summed E-state index contributed by atoms with van der Waals surface area (Å²) in [6.07, 6.45) is 0. The molecule has 0 fully saturated rings. The molecular weight excluding hydrogens is 485 g/mol. The Morgan fingerprint density at radius 3 is 1.81 bits per heavy atom. The lowest BCUT2D eigenvalue weighted by atomic mass is 9.65. The van der Waals surface area contributed by atoms with Crippen molar-refractivity contribution >= 4 is 23.2 Å². The van der Waals surface area contributed by atoms with Crippen LogP contribution in [0.3, 0.4) is 0 Å². The van der Waals surface area contributed by atoms with E-state index in [0.717, 1.165) is 34.4 Å². The lowest BCUT2D eigenvalue weighted by Gasteiger charge is -2.37. The summed E-state index contributed by atoms with van der Waals surface area (Å²) in [5, 5.41) is 13.4. The van der Waals surface area contributed by atoms with E-state index in [0.29, 0.717) is 10.7 Å². The van der Waals surface area contributed by atoms with Crippen LogP contribution in [0.25, 0.3) is 0 Å². The number of hydrogen-bond donors (Lipinski definition) is 2. The second kappa shape index (κ2) is 10.3. The second-order valence-corrected chi connectivity index (χ2v) is 9.06. The summed E-state index contributed by atoms with van der Waals surface area (Å²) in [6, 6.07) is 39.0. The molecule has 1 amide bonds. The van der Waals surface area contributed by atoms with Gasteiger partial charge in [0.2, 0.25) is 0 Å². The largest absolute Gasteiger partial charge is 0.507 e. The molecule has 0 aliphatic carbocycles. The molecule has 3 nitrogen and oxygen atoms in total. The Bertz CT molecular complexity index is 1500. The minimum atomic E-state index is -0.724. The predicted molar refractivity (Wildman–Crippen MR) is 146 cm³/mol. The molecule has 0 saturated carbocycles. The van der Waals surface area contributed by atoms with Gasteiger partial charge in [0.15, 0.2) is 0 Å². The molecule has 5 heteroatoms. The van der Waals surface area contributed by atoms with E-state index >= 15 is 0 Å². The maximum Gasteiger partial charge on any atom is 0.259 e. The summed E-state index contributed by atoms with van der Waals surface area (Å²) in [7, 11) is 0. The quantitative estimate of drug-likeness (QED) is 0.230. The van der Waals surface area contributed by atoms with Crippen molar-refractivity contribution in [2.75, 3.05) is 5.32 Å². The molecule has 2 N–H and O–H groups in total. The van der Waals surface area contributed by atoms with E-state index in [-0.39, 0.29) is 5.56 Å². The zero-order valence-electron chi connectivity index (χ0n) is 19.7. The average molecular weight is 508 g/mol. The fourth-order valence-corrected chi connectivity index (χ4v) is 5.08. The predicted octanol–water partition coefficient (Wildman–Crippen LogP) is 7.82. The maximum atomic E-state index is 13.3. The summed E-state index contributed by atoms with van der Waals surface area (Å²) >= 11 is 6.84. The third-order valence-electron chi connectivity index (χ3n) is 6.47. The normalized spacial score (nSPS) is 11.2. The number of carbonyl (C=O) groups is 1. The first-order valence-corrected chi connectivity index (χ1v) is 12.1. The molecule has 37 heavy (non-hydrogen) atoms. The molecule has 0 atom stereocenters. The van der Waals surface area contributed by atoms with Gasteiger partial charge in [-0.15, -0.1) is 0 Å². The fraction of sp³-hybridized carbons (Fsp3) is 0.0312. The first kappa shape index (κ1) is 24.3. The third kappa shape index (κ3) is 4.59. The molecule has 0 unspecified atom stereocenters. The van der Waals surface area contributed by atoms with Gasteiger partial charge in [-0.25, -0.2) is 4.39 Å². The van der Waals surface area contributed by atoms with E-state index in [1.54, 1.807) is 0 Å². The van der Waals surface area contributed by atoms with Gasteiger partial charge in [-0.2, -0.15) is 0 Å². The minimum absolute atomic E-state index is 0.00976. The highest BCUT2D eigenvalue weighted by molar-refractivity contribution is 6.31. The van der Waals surface area contributed by atoms with Crippen molar-refractivity contribution in [3.05, 3.63) is 166 Å². The van der Waals surface area contributed by atoms with Crippen LogP contribution in [0, 0.1) is 5.82 Å². The number of aromatic hydroxyl groups is 1. The number of halogens is 2. The standard InChI is InChI=1S/C32H23ClFNO2/c33-29-14-8-7-13-28(29)32(22-9-3-1-4-10-22,23-11-5-2-6-12-23)24-15-18-26(19-16-24)35-31(37)27-20-17-25(34)21-30(27)36/h1-21,36H,(H,35,37). The summed E-state index contributed by atoms with van der Waals surface area (Å²) in [4.78, 5) is 12.7. The lowest BCUT2D eigenvalue weighted by Crippen LogP contribution is -2.31. The molecule has 0 aromatic heterocycles. The van der Waals surface area contributed by atoms with Gasteiger partial charge in [0.25, 0.3) is 5.91 Å². The Labute approximate surface area is 219 Å². The number of hydrogen-bond acceptors (Lipinski definition) is 2. The van der Waals surface area contributed by atoms with Gasteiger partial charge >= 0.3 is 0 Å². The van der Waals surface area contributed by atoms with E-state index in [1.807, 2.05) is 84.9 Å². The summed E-state index contributed by atoms with van der Waals surface area (Å²) in [5.41, 5.74) is 3.78.